The molecule has 0 saturated heterocycles. The van der Waals surface area contributed by atoms with E-state index in [1.165, 1.54) is 0 Å². The van der Waals surface area contributed by atoms with Gasteiger partial charge in [0.05, 0.1) is 4.11 Å². The molecule has 4 N–H and O–H groups in total. The fraction of sp³-hybridized carbons (Fsp3) is 0.250. The maximum absolute atomic E-state index is 9.35. The second kappa shape index (κ2) is 3.25. The molecule has 0 aromatic heterocycles. The molecule has 1 aromatic rings. The highest BCUT2D eigenvalue weighted by Crippen LogP contribution is 2.24. The van der Waals surface area contributed by atoms with Crippen molar-refractivity contribution in [2.75, 3.05) is 6.50 Å². The Labute approximate surface area is 74.9 Å². The zero-order valence-electron chi connectivity index (χ0n) is 12.5. The third kappa shape index (κ3) is 1.85. The van der Waals surface area contributed by atoms with Crippen molar-refractivity contribution < 1.29 is 19.8 Å². The van der Waals surface area contributed by atoms with E-state index >= 15 is 0 Å². The standard InChI is InChI=1S/C8H11NO2/c9-4-3-6-1-2-7(10)8(11)5-6/h1-2,5,10-11H,3-4,9H2/i1+1D,2D,3D2,4D2,5D. The topological polar surface area (TPSA) is 66.5 Å². The molecule has 0 amide bonds. The summed E-state index contributed by atoms with van der Waals surface area (Å²) in [6.07, 6.45) is -2.97. The van der Waals surface area contributed by atoms with E-state index in [0.29, 0.717) is 0 Å². The van der Waals surface area contributed by atoms with Crippen LogP contribution >= 0.6 is 0 Å². The summed E-state index contributed by atoms with van der Waals surface area (Å²) in [7, 11) is 0. The van der Waals surface area contributed by atoms with Gasteiger partial charge in [-0.2, -0.15) is 0 Å². The van der Waals surface area contributed by atoms with Crippen molar-refractivity contribution in [3.63, 3.8) is 0 Å². The number of nitrogens with two attached hydrogens (primary N) is 1. The summed E-state index contributed by atoms with van der Waals surface area (Å²) in [6.45, 7) is -2.92. The summed E-state index contributed by atoms with van der Waals surface area (Å²) in [6, 6.07) is -2.76. The molecule has 0 spiro atoms. The van der Waals surface area contributed by atoms with E-state index < -0.39 is 48.1 Å². The van der Waals surface area contributed by atoms with Crippen LogP contribution in [0, 0.1) is 0 Å². The van der Waals surface area contributed by atoms with Gasteiger partial charge in [-0.25, -0.2) is 0 Å². The van der Waals surface area contributed by atoms with Gasteiger partial charge in [0.25, 0.3) is 0 Å². The van der Waals surface area contributed by atoms with Gasteiger partial charge in [0.2, 0.25) is 0 Å². The lowest BCUT2D eigenvalue weighted by Gasteiger charge is -2.00. The van der Waals surface area contributed by atoms with Crippen LogP contribution in [0.5, 0.6) is 11.5 Å². The van der Waals surface area contributed by atoms with Gasteiger partial charge in [-0.15, -0.1) is 0 Å². The lowest BCUT2D eigenvalue weighted by atomic mass is 10.2. The Bertz CT molecular complexity index is 468. The van der Waals surface area contributed by atoms with E-state index in [0.717, 1.165) is 0 Å². The van der Waals surface area contributed by atoms with Crippen molar-refractivity contribution >= 4 is 0 Å². The second-order valence-corrected chi connectivity index (χ2v) is 1.72. The molecule has 0 fully saturated rings. The molecular weight excluding hydrogens is 143 g/mol. The molecule has 0 aliphatic rings. The third-order valence-corrected chi connectivity index (χ3v) is 0.971. The van der Waals surface area contributed by atoms with Crippen LogP contribution in [0.4, 0.5) is 0 Å². The van der Waals surface area contributed by atoms with Crippen LogP contribution in [0.25, 0.3) is 0 Å². The normalized spacial score (nSPS) is 21.7. The van der Waals surface area contributed by atoms with Gasteiger partial charge in [-0.05, 0) is 30.5 Å². The Kier molecular flexibility index (Phi) is 0.792. The van der Waals surface area contributed by atoms with Crippen LogP contribution in [-0.2, 0) is 6.37 Å². The molecule has 60 valence electrons. The van der Waals surface area contributed by atoms with E-state index in [1.54, 1.807) is 0 Å². The zero-order valence-corrected chi connectivity index (χ0v) is 5.47. The van der Waals surface area contributed by atoms with Crippen LogP contribution in [0.3, 0.4) is 0 Å². The Morgan fingerprint density at radius 1 is 1.45 bits per heavy atom. The van der Waals surface area contributed by atoms with Crippen LogP contribution in [0.1, 0.15) is 15.2 Å². The smallest absolute Gasteiger partial charge is 0.157 e. The first-order chi connectivity index (χ1) is 7.93. The fourth-order valence-electron chi connectivity index (χ4n) is 0.524. The quantitative estimate of drug-likeness (QED) is 0.556. The molecule has 3 nitrogen and oxygen atoms in total. The van der Waals surface area contributed by atoms with E-state index in [4.69, 9.17) is 15.3 Å². The molecule has 1 aromatic carbocycles. The third-order valence-electron chi connectivity index (χ3n) is 0.971. The first-order valence-corrected chi connectivity index (χ1v) is 2.74. The van der Waals surface area contributed by atoms with Crippen molar-refractivity contribution in [1.29, 1.82) is 0 Å². The molecule has 1 rings (SSSR count). The highest BCUT2D eigenvalue weighted by Gasteiger charge is 1.98. The number of hydrogen-bond acceptors (Lipinski definition) is 3. The Hall–Kier alpha value is -1.22. The first-order valence-electron chi connectivity index (χ1n) is 6.24. The summed E-state index contributed by atoms with van der Waals surface area (Å²) in [5.74, 6) is -2.11. The molecule has 0 radical (unpaired) electrons. The van der Waals surface area contributed by atoms with Gasteiger partial charge < -0.3 is 15.9 Å². The van der Waals surface area contributed by atoms with Gasteiger partial charge >= 0.3 is 0 Å². The van der Waals surface area contributed by atoms with E-state index in [2.05, 4.69) is 0 Å². The minimum Gasteiger partial charge on any atom is -0.504 e. The molecule has 0 unspecified atom stereocenters. The van der Waals surface area contributed by atoms with E-state index in [-0.39, 0.29) is 0 Å². The van der Waals surface area contributed by atoms with Crippen molar-refractivity contribution in [2.45, 2.75) is 6.37 Å². The SMILES string of the molecule is [2H]c1c(O)c(O)c([2H])[13c]([2H])c1C([2H])([2H])C([2H])([2H])N. The molecule has 0 aliphatic heterocycles. The Morgan fingerprint density at radius 2 is 2.18 bits per heavy atom. The largest absolute Gasteiger partial charge is 0.504 e. The Balaban J connectivity index is 3.72. The van der Waals surface area contributed by atoms with E-state index in [1.807, 2.05) is 0 Å². The maximum Gasteiger partial charge on any atom is 0.157 e. The summed E-state index contributed by atoms with van der Waals surface area (Å²) < 4.78 is 51.5. The number of phenols is 2. The predicted octanol–water partition coefficient (Wildman–Crippen LogP) is 0.599. The van der Waals surface area contributed by atoms with Crippen molar-refractivity contribution in [3.05, 3.63) is 23.7 Å². The van der Waals surface area contributed by atoms with Crippen molar-refractivity contribution in [1.82, 2.24) is 0 Å². The molecule has 11 heavy (non-hydrogen) atoms. The number of rotatable bonds is 2. The molecule has 3 heteroatoms. The van der Waals surface area contributed by atoms with Crippen LogP contribution in [0.15, 0.2) is 18.1 Å². The number of hydrogen-bond donors (Lipinski definition) is 3. The summed E-state index contributed by atoms with van der Waals surface area (Å²) in [4.78, 5) is 0. The van der Waals surface area contributed by atoms with Gasteiger partial charge in [0.1, 0.15) is 0 Å². The number of benzene rings is 1. The minimum absolute atomic E-state index is 0.879. The molecule has 0 bridgehead atoms. The van der Waals surface area contributed by atoms with Crippen molar-refractivity contribution in [2.24, 2.45) is 5.73 Å². The molecule has 0 heterocycles. The maximum atomic E-state index is 9.35. The minimum atomic E-state index is -2.97. The average Bonchev–Trinajstić information content (AvgIpc) is 2.22. The molecule has 0 saturated carbocycles. The predicted molar refractivity (Wildman–Crippen MR) is 42.5 cm³/mol. The average molecular weight is 161 g/mol. The molecule has 0 aliphatic carbocycles. The summed E-state index contributed by atoms with van der Waals surface area (Å²) in [5, 5.41) is 18.6. The first kappa shape index (κ1) is 2.68. The number of phenolic OH excluding ortho intramolecular Hbond substituents is 2. The molecular formula is C8H11NO2. The van der Waals surface area contributed by atoms with Crippen molar-refractivity contribution in [3.8, 4) is 11.5 Å². The number of aromatic hydroxyl groups is 2. The highest BCUT2D eigenvalue weighted by molar-refractivity contribution is 5.40. The summed E-state index contributed by atoms with van der Waals surface area (Å²) in [5.41, 5.74) is 4.13. The van der Waals surface area contributed by atoms with Crippen LogP contribution in [0.2, 0.25) is 0 Å². The van der Waals surface area contributed by atoms with E-state index in [9.17, 15) is 10.2 Å². The monoisotopic (exact) mass is 161 g/mol. The van der Waals surface area contributed by atoms with Gasteiger partial charge in [0.15, 0.2) is 11.5 Å². The lowest BCUT2D eigenvalue weighted by Crippen LogP contribution is -2.02. The van der Waals surface area contributed by atoms with Crippen LogP contribution in [-0.4, -0.2) is 16.7 Å². The van der Waals surface area contributed by atoms with Crippen LogP contribution < -0.4 is 5.73 Å². The second-order valence-electron chi connectivity index (χ2n) is 1.72. The van der Waals surface area contributed by atoms with Gasteiger partial charge in [-0.3, -0.25) is 0 Å². The van der Waals surface area contributed by atoms with Gasteiger partial charge in [-0.1, -0.05) is 6.04 Å². The van der Waals surface area contributed by atoms with Gasteiger partial charge in [0, 0.05) is 5.48 Å². The highest BCUT2D eigenvalue weighted by atomic mass is 16.3. The zero-order chi connectivity index (χ0) is 14.5. The summed E-state index contributed by atoms with van der Waals surface area (Å²) >= 11 is 0. The lowest BCUT2D eigenvalue weighted by molar-refractivity contribution is 0.403. The fourth-order valence-corrected chi connectivity index (χ4v) is 0.524. The Morgan fingerprint density at radius 3 is 2.82 bits per heavy atom. The molecule has 0 atom stereocenters.